The first-order valence-corrected chi connectivity index (χ1v) is 9.69. The lowest BCUT2D eigenvalue weighted by Crippen LogP contribution is -2.34. The molecule has 2 aromatic rings. The smallest absolute Gasteiger partial charge is 0.227 e. The summed E-state index contributed by atoms with van der Waals surface area (Å²) in [5, 5.41) is 3.00. The normalized spacial score (nSPS) is 19.6. The molecule has 2 amide bonds. The Morgan fingerprint density at radius 3 is 2.81 bits per heavy atom. The lowest BCUT2D eigenvalue weighted by atomic mass is 10.1. The van der Waals surface area contributed by atoms with Crippen LogP contribution in [0.4, 0.5) is 5.69 Å². The van der Waals surface area contributed by atoms with E-state index in [0.717, 1.165) is 23.6 Å². The standard InChI is InChI=1S/C21H26N4O2/c1-14-3-6-18(11-15(14)2)25-13-17(12-19(25)26)21(27)23-8-10-24-9-7-22-20(24)16-4-5-16/h3,6-7,9,11,16-17H,4-5,8,10,12-13H2,1-2H3,(H,23,27). The monoisotopic (exact) mass is 366 g/mol. The minimum absolute atomic E-state index is 0.0176. The highest BCUT2D eigenvalue weighted by Crippen LogP contribution is 2.38. The molecule has 0 spiro atoms. The molecule has 2 heterocycles. The molecule has 1 aromatic heterocycles. The highest BCUT2D eigenvalue weighted by molar-refractivity contribution is 6.00. The summed E-state index contributed by atoms with van der Waals surface area (Å²) in [6.07, 6.45) is 6.49. The Kier molecular flexibility index (Phi) is 4.72. The average Bonchev–Trinajstić information content (AvgIpc) is 3.26. The molecule has 0 radical (unpaired) electrons. The fourth-order valence-corrected chi connectivity index (χ4v) is 3.68. The summed E-state index contributed by atoms with van der Waals surface area (Å²) in [7, 11) is 0. The van der Waals surface area contributed by atoms with E-state index < -0.39 is 0 Å². The number of hydrogen-bond acceptors (Lipinski definition) is 3. The second-order valence-electron chi connectivity index (χ2n) is 7.72. The molecular weight excluding hydrogens is 340 g/mol. The van der Waals surface area contributed by atoms with E-state index in [9.17, 15) is 9.59 Å². The largest absolute Gasteiger partial charge is 0.354 e. The first kappa shape index (κ1) is 17.8. The fraction of sp³-hybridized carbons (Fsp3) is 0.476. The summed E-state index contributed by atoms with van der Waals surface area (Å²) >= 11 is 0. The van der Waals surface area contributed by atoms with E-state index in [1.54, 1.807) is 4.90 Å². The van der Waals surface area contributed by atoms with Gasteiger partial charge in [0, 0.05) is 50.1 Å². The van der Waals surface area contributed by atoms with Crippen LogP contribution >= 0.6 is 0 Å². The molecule has 1 atom stereocenters. The van der Waals surface area contributed by atoms with Crippen LogP contribution in [0.2, 0.25) is 0 Å². The topological polar surface area (TPSA) is 67.2 Å². The van der Waals surface area contributed by atoms with Crippen molar-refractivity contribution in [3.8, 4) is 0 Å². The van der Waals surface area contributed by atoms with Crippen LogP contribution in [0, 0.1) is 19.8 Å². The van der Waals surface area contributed by atoms with Gasteiger partial charge in [0.1, 0.15) is 5.82 Å². The van der Waals surface area contributed by atoms with Gasteiger partial charge >= 0.3 is 0 Å². The molecule has 1 aliphatic carbocycles. The number of hydrogen-bond donors (Lipinski definition) is 1. The van der Waals surface area contributed by atoms with Gasteiger partial charge < -0.3 is 14.8 Å². The van der Waals surface area contributed by atoms with E-state index >= 15 is 0 Å². The number of aryl methyl sites for hydroxylation is 2. The van der Waals surface area contributed by atoms with Crippen LogP contribution < -0.4 is 10.2 Å². The van der Waals surface area contributed by atoms with Crippen molar-refractivity contribution in [1.82, 2.24) is 14.9 Å². The molecule has 1 N–H and O–H groups in total. The first-order valence-electron chi connectivity index (χ1n) is 9.69. The maximum absolute atomic E-state index is 12.5. The van der Waals surface area contributed by atoms with Crippen molar-refractivity contribution in [2.45, 2.75) is 45.6 Å². The number of nitrogens with zero attached hydrogens (tertiary/aromatic N) is 3. The van der Waals surface area contributed by atoms with Gasteiger partial charge in [-0.2, -0.15) is 0 Å². The molecular formula is C21H26N4O2. The Morgan fingerprint density at radius 2 is 2.07 bits per heavy atom. The van der Waals surface area contributed by atoms with E-state index in [1.165, 1.54) is 18.4 Å². The minimum atomic E-state index is -0.287. The Morgan fingerprint density at radius 1 is 1.26 bits per heavy atom. The van der Waals surface area contributed by atoms with E-state index in [-0.39, 0.29) is 24.2 Å². The zero-order valence-electron chi connectivity index (χ0n) is 15.9. The van der Waals surface area contributed by atoms with Crippen molar-refractivity contribution in [2.24, 2.45) is 5.92 Å². The molecule has 4 rings (SSSR count). The number of imidazole rings is 1. The summed E-state index contributed by atoms with van der Waals surface area (Å²) in [5.74, 6) is 1.41. The predicted octanol–water partition coefficient (Wildman–Crippen LogP) is 2.55. The summed E-state index contributed by atoms with van der Waals surface area (Å²) in [6.45, 7) is 5.82. The molecule has 1 saturated heterocycles. The minimum Gasteiger partial charge on any atom is -0.354 e. The van der Waals surface area contributed by atoms with E-state index in [0.29, 0.717) is 19.0 Å². The van der Waals surface area contributed by atoms with E-state index in [2.05, 4.69) is 21.8 Å². The van der Waals surface area contributed by atoms with Crippen molar-refractivity contribution in [2.75, 3.05) is 18.0 Å². The SMILES string of the molecule is Cc1ccc(N2CC(C(=O)NCCn3ccnc3C3CC3)CC2=O)cc1C. The zero-order valence-corrected chi connectivity index (χ0v) is 15.9. The number of benzene rings is 1. The molecule has 1 saturated carbocycles. The molecule has 27 heavy (non-hydrogen) atoms. The number of anilines is 1. The third-order valence-electron chi connectivity index (χ3n) is 5.64. The molecule has 0 bridgehead atoms. The van der Waals surface area contributed by atoms with Gasteiger partial charge in [-0.15, -0.1) is 0 Å². The van der Waals surface area contributed by atoms with Crippen LogP contribution in [0.1, 0.15) is 42.1 Å². The number of aromatic nitrogens is 2. The summed E-state index contributed by atoms with van der Waals surface area (Å²) in [6, 6.07) is 6.00. The molecule has 6 nitrogen and oxygen atoms in total. The molecule has 2 aliphatic rings. The number of carbonyl (C=O) groups excluding carboxylic acids is 2. The fourth-order valence-electron chi connectivity index (χ4n) is 3.68. The highest BCUT2D eigenvalue weighted by atomic mass is 16.2. The van der Waals surface area contributed by atoms with Crippen LogP contribution in [0.15, 0.2) is 30.6 Å². The van der Waals surface area contributed by atoms with Gasteiger partial charge in [-0.05, 0) is 49.9 Å². The van der Waals surface area contributed by atoms with E-state index in [1.807, 2.05) is 37.5 Å². The van der Waals surface area contributed by atoms with Crippen LogP contribution in [0.3, 0.4) is 0 Å². The number of carbonyl (C=O) groups is 2. The second-order valence-corrected chi connectivity index (χ2v) is 7.72. The first-order chi connectivity index (χ1) is 13.0. The van der Waals surface area contributed by atoms with Crippen LogP contribution in [-0.2, 0) is 16.1 Å². The average molecular weight is 366 g/mol. The molecule has 2 fully saturated rings. The number of nitrogens with one attached hydrogen (secondary N) is 1. The molecule has 1 unspecified atom stereocenters. The number of amides is 2. The van der Waals surface area contributed by atoms with E-state index in [4.69, 9.17) is 0 Å². The van der Waals surface area contributed by atoms with Gasteiger partial charge in [-0.1, -0.05) is 6.07 Å². The van der Waals surface area contributed by atoms with Crippen molar-refractivity contribution in [3.05, 3.63) is 47.5 Å². The second kappa shape index (κ2) is 7.18. The van der Waals surface area contributed by atoms with Crippen LogP contribution in [-0.4, -0.2) is 34.5 Å². The molecule has 1 aromatic carbocycles. The van der Waals surface area contributed by atoms with Gasteiger partial charge in [0.2, 0.25) is 11.8 Å². The van der Waals surface area contributed by atoms with Gasteiger partial charge in [-0.3, -0.25) is 9.59 Å². The van der Waals surface area contributed by atoms with Crippen molar-refractivity contribution in [1.29, 1.82) is 0 Å². The lowest BCUT2D eigenvalue weighted by molar-refractivity contribution is -0.126. The molecule has 1 aliphatic heterocycles. The van der Waals surface area contributed by atoms with Gasteiger partial charge in [-0.25, -0.2) is 4.98 Å². The lowest BCUT2D eigenvalue weighted by Gasteiger charge is -2.18. The third kappa shape index (κ3) is 3.75. The maximum atomic E-state index is 12.5. The predicted molar refractivity (Wildman–Crippen MR) is 104 cm³/mol. The van der Waals surface area contributed by atoms with Crippen LogP contribution in [0.25, 0.3) is 0 Å². The third-order valence-corrected chi connectivity index (χ3v) is 5.64. The highest BCUT2D eigenvalue weighted by Gasteiger charge is 2.35. The Balaban J connectivity index is 1.32. The number of rotatable bonds is 6. The Labute approximate surface area is 159 Å². The van der Waals surface area contributed by atoms with Crippen molar-refractivity contribution >= 4 is 17.5 Å². The quantitative estimate of drug-likeness (QED) is 0.854. The Bertz CT molecular complexity index is 869. The summed E-state index contributed by atoms with van der Waals surface area (Å²) in [4.78, 5) is 31.1. The maximum Gasteiger partial charge on any atom is 0.227 e. The molecule has 142 valence electrons. The van der Waals surface area contributed by atoms with Gasteiger partial charge in [0.25, 0.3) is 0 Å². The van der Waals surface area contributed by atoms with Gasteiger partial charge in [0.05, 0.1) is 5.92 Å². The zero-order chi connectivity index (χ0) is 19.0. The summed E-state index contributed by atoms with van der Waals surface area (Å²) in [5.41, 5.74) is 3.23. The van der Waals surface area contributed by atoms with Crippen molar-refractivity contribution in [3.63, 3.8) is 0 Å². The summed E-state index contributed by atoms with van der Waals surface area (Å²) < 4.78 is 2.12. The molecule has 6 heteroatoms. The van der Waals surface area contributed by atoms with Gasteiger partial charge in [0.15, 0.2) is 0 Å². The van der Waals surface area contributed by atoms with Crippen LogP contribution in [0.5, 0.6) is 0 Å². The Hall–Kier alpha value is -2.63. The van der Waals surface area contributed by atoms with Crippen molar-refractivity contribution < 1.29 is 9.59 Å².